The third kappa shape index (κ3) is 4.47. The highest BCUT2D eigenvalue weighted by Crippen LogP contribution is 2.31. The van der Waals surface area contributed by atoms with Gasteiger partial charge in [0.25, 0.3) is 0 Å². The van der Waals surface area contributed by atoms with E-state index in [1.165, 1.54) is 6.07 Å². The van der Waals surface area contributed by atoms with E-state index in [2.05, 4.69) is 5.32 Å². The molecule has 0 radical (unpaired) electrons. The van der Waals surface area contributed by atoms with Crippen LogP contribution < -0.4 is 5.32 Å². The fourth-order valence-corrected chi connectivity index (χ4v) is 1.53. The molecule has 116 valence electrons. The van der Waals surface area contributed by atoms with Gasteiger partial charge in [0.05, 0.1) is 5.56 Å². The minimum absolute atomic E-state index is 0.130. The Morgan fingerprint density at radius 1 is 1.19 bits per heavy atom. The van der Waals surface area contributed by atoms with Gasteiger partial charge in [-0.1, -0.05) is 32.9 Å². The van der Waals surface area contributed by atoms with E-state index in [0.29, 0.717) is 0 Å². The molecular formula is C14H16F3NO3. The van der Waals surface area contributed by atoms with Crippen molar-refractivity contribution in [1.29, 1.82) is 0 Å². The summed E-state index contributed by atoms with van der Waals surface area (Å²) in [6.07, 6.45) is -4.58. The van der Waals surface area contributed by atoms with Crippen LogP contribution in [0.2, 0.25) is 0 Å². The molecule has 1 amide bonds. The Kier molecular flexibility index (Phi) is 4.65. The zero-order valence-electron chi connectivity index (χ0n) is 11.8. The smallest absolute Gasteiger partial charge is 0.416 e. The summed E-state index contributed by atoms with van der Waals surface area (Å²) in [5.41, 5.74) is -1.94. The summed E-state index contributed by atoms with van der Waals surface area (Å²) < 4.78 is 37.9. The highest BCUT2D eigenvalue weighted by Gasteiger charge is 2.33. The molecule has 21 heavy (non-hydrogen) atoms. The van der Waals surface area contributed by atoms with Crippen molar-refractivity contribution >= 4 is 11.9 Å². The predicted octanol–water partition coefficient (Wildman–Crippen LogP) is 2.99. The number of carboxylic acids is 1. The number of amides is 1. The van der Waals surface area contributed by atoms with E-state index < -0.39 is 35.1 Å². The molecule has 1 aromatic rings. The van der Waals surface area contributed by atoms with Gasteiger partial charge in [-0.05, 0) is 17.7 Å². The molecule has 0 unspecified atom stereocenters. The van der Waals surface area contributed by atoms with Gasteiger partial charge in [-0.15, -0.1) is 0 Å². The summed E-state index contributed by atoms with van der Waals surface area (Å²) in [7, 11) is 0. The van der Waals surface area contributed by atoms with Crippen LogP contribution in [0, 0.1) is 5.41 Å². The standard InChI is InChI=1S/C14H16F3NO3/c1-13(2,3)12(21)18-10(11(19)20)8-5-4-6-9(7-8)14(15,16)17/h4-7,10H,1-3H3,(H,18,21)(H,19,20)/t10-/m0/s1. The normalized spacial score (nSPS) is 13.6. The molecule has 0 heterocycles. The minimum atomic E-state index is -4.58. The first-order valence-corrected chi connectivity index (χ1v) is 6.14. The lowest BCUT2D eigenvalue weighted by Gasteiger charge is -2.22. The molecule has 1 atom stereocenters. The molecule has 1 aromatic carbocycles. The first-order valence-electron chi connectivity index (χ1n) is 6.14. The second kappa shape index (κ2) is 5.75. The largest absolute Gasteiger partial charge is 0.479 e. The number of hydrogen-bond donors (Lipinski definition) is 2. The molecule has 0 aromatic heterocycles. The number of nitrogens with one attached hydrogen (secondary N) is 1. The number of rotatable bonds is 3. The SMILES string of the molecule is CC(C)(C)C(=O)N[C@H](C(=O)O)c1cccc(C(F)(F)F)c1. The average Bonchev–Trinajstić information content (AvgIpc) is 2.33. The number of hydrogen-bond acceptors (Lipinski definition) is 2. The second-order valence-electron chi connectivity index (χ2n) is 5.62. The van der Waals surface area contributed by atoms with Gasteiger partial charge in [0.2, 0.25) is 5.91 Å². The van der Waals surface area contributed by atoms with E-state index in [0.717, 1.165) is 18.2 Å². The van der Waals surface area contributed by atoms with Crippen molar-refractivity contribution in [2.45, 2.75) is 33.0 Å². The van der Waals surface area contributed by atoms with Gasteiger partial charge in [-0.25, -0.2) is 4.79 Å². The topological polar surface area (TPSA) is 66.4 Å². The minimum Gasteiger partial charge on any atom is -0.479 e. The summed E-state index contributed by atoms with van der Waals surface area (Å²) in [4.78, 5) is 23.1. The van der Waals surface area contributed by atoms with Gasteiger partial charge in [-0.3, -0.25) is 4.79 Å². The summed E-state index contributed by atoms with van der Waals surface area (Å²) >= 11 is 0. The van der Waals surface area contributed by atoms with Gasteiger partial charge in [0.1, 0.15) is 0 Å². The quantitative estimate of drug-likeness (QED) is 0.902. The van der Waals surface area contributed by atoms with E-state index >= 15 is 0 Å². The van der Waals surface area contributed by atoms with Crippen LogP contribution >= 0.6 is 0 Å². The Morgan fingerprint density at radius 2 is 1.76 bits per heavy atom. The van der Waals surface area contributed by atoms with Crippen molar-refractivity contribution in [3.63, 3.8) is 0 Å². The molecule has 0 aliphatic carbocycles. The summed E-state index contributed by atoms with van der Waals surface area (Å²) in [5, 5.41) is 11.4. The molecule has 0 bridgehead atoms. The third-order valence-electron chi connectivity index (χ3n) is 2.75. The molecule has 1 rings (SSSR count). The van der Waals surface area contributed by atoms with E-state index in [1.54, 1.807) is 20.8 Å². The van der Waals surface area contributed by atoms with Crippen molar-refractivity contribution in [3.8, 4) is 0 Å². The third-order valence-corrected chi connectivity index (χ3v) is 2.75. The number of aliphatic carboxylic acids is 1. The number of halogens is 3. The number of benzene rings is 1. The second-order valence-corrected chi connectivity index (χ2v) is 5.62. The van der Waals surface area contributed by atoms with Crippen LogP contribution in [-0.4, -0.2) is 17.0 Å². The van der Waals surface area contributed by atoms with Crippen LogP contribution in [0.5, 0.6) is 0 Å². The lowest BCUT2D eigenvalue weighted by molar-refractivity contribution is -0.143. The van der Waals surface area contributed by atoms with E-state index in [4.69, 9.17) is 5.11 Å². The van der Waals surface area contributed by atoms with Crippen LogP contribution in [0.1, 0.15) is 37.9 Å². The van der Waals surface area contributed by atoms with Gasteiger partial charge in [0.15, 0.2) is 6.04 Å². The van der Waals surface area contributed by atoms with Crippen molar-refractivity contribution in [1.82, 2.24) is 5.32 Å². The lowest BCUT2D eigenvalue weighted by atomic mass is 9.94. The van der Waals surface area contributed by atoms with Crippen LogP contribution in [0.15, 0.2) is 24.3 Å². The maximum absolute atomic E-state index is 12.6. The van der Waals surface area contributed by atoms with Crippen molar-refractivity contribution in [2.24, 2.45) is 5.41 Å². The molecule has 4 nitrogen and oxygen atoms in total. The Balaban J connectivity index is 3.13. The molecule has 0 spiro atoms. The average molecular weight is 303 g/mol. The Bertz CT molecular complexity index is 547. The molecule has 0 aliphatic rings. The first-order chi connectivity index (χ1) is 9.43. The van der Waals surface area contributed by atoms with E-state index in [-0.39, 0.29) is 5.56 Å². The van der Waals surface area contributed by atoms with Crippen LogP contribution in [-0.2, 0) is 15.8 Å². The monoisotopic (exact) mass is 303 g/mol. The number of carboxylic acid groups (broad SMARTS) is 1. The highest BCUT2D eigenvalue weighted by atomic mass is 19.4. The van der Waals surface area contributed by atoms with Gasteiger partial charge >= 0.3 is 12.1 Å². The Morgan fingerprint density at radius 3 is 2.19 bits per heavy atom. The zero-order chi connectivity index (χ0) is 16.4. The molecule has 0 saturated heterocycles. The van der Waals surface area contributed by atoms with E-state index in [9.17, 15) is 22.8 Å². The molecule has 0 fully saturated rings. The van der Waals surface area contributed by atoms with Crippen LogP contribution in [0.3, 0.4) is 0 Å². The fraction of sp³-hybridized carbons (Fsp3) is 0.429. The predicted molar refractivity (Wildman–Crippen MR) is 69.4 cm³/mol. The molecule has 0 aliphatic heterocycles. The molecule has 7 heteroatoms. The van der Waals surface area contributed by atoms with Crippen LogP contribution in [0.4, 0.5) is 13.2 Å². The van der Waals surface area contributed by atoms with Gasteiger partial charge in [0, 0.05) is 5.41 Å². The summed E-state index contributed by atoms with van der Waals surface area (Å²) in [6.45, 7) is 4.73. The Hall–Kier alpha value is -2.05. The lowest BCUT2D eigenvalue weighted by Crippen LogP contribution is -2.40. The molecule has 2 N–H and O–H groups in total. The summed E-state index contributed by atoms with van der Waals surface area (Å²) in [5.74, 6) is -1.99. The number of alkyl halides is 3. The van der Waals surface area contributed by atoms with E-state index in [1.807, 2.05) is 0 Å². The van der Waals surface area contributed by atoms with Crippen LogP contribution in [0.25, 0.3) is 0 Å². The molecule has 0 saturated carbocycles. The van der Waals surface area contributed by atoms with Gasteiger partial charge < -0.3 is 10.4 Å². The van der Waals surface area contributed by atoms with Crippen molar-refractivity contribution in [2.75, 3.05) is 0 Å². The van der Waals surface area contributed by atoms with Crippen molar-refractivity contribution in [3.05, 3.63) is 35.4 Å². The number of carbonyl (C=O) groups is 2. The Labute approximate surface area is 120 Å². The maximum Gasteiger partial charge on any atom is 0.416 e. The maximum atomic E-state index is 12.6. The number of carbonyl (C=O) groups excluding carboxylic acids is 1. The van der Waals surface area contributed by atoms with Crippen molar-refractivity contribution < 1.29 is 27.9 Å². The fourth-order valence-electron chi connectivity index (χ4n) is 1.53. The summed E-state index contributed by atoms with van der Waals surface area (Å²) in [6, 6.07) is 2.38. The van der Waals surface area contributed by atoms with Gasteiger partial charge in [-0.2, -0.15) is 13.2 Å². The first kappa shape index (κ1) is 17.0. The molecular weight excluding hydrogens is 287 g/mol. The zero-order valence-corrected chi connectivity index (χ0v) is 11.8. The highest BCUT2D eigenvalue weighted by molar-refractivity contribution is 5.87.